The maximum absolute atomic E-state index is 14.7. The maximum Gasteiger partial charge on any atom is 0.142 e. The average Bonchev–Trinajstić information content (AvgIpc) is 2.74. The lowest BCUT2D eigenvalue weighted by atomic mass is 9.63. The van der Waals surface area contributed by atoms with Crippen molar-refractivity contribution in [2.24, 2.45) is 17.8 Å². The van der Waals surface area contributed by atoms with Gasteiger partial charge in [-0.3, -0.25) is 0 Å². The zero-order valence-corrected chi connectivity index (χ0v) is 19.0. The van der Waals surface area contributed by atoms with Gasteiger partial charge in [-0.05, 0) is 84.9 Å². The van der Waals surface area contributed by atoms with Crippen LogP contribution in [0.5, 0.6) is 0 Å². The molecule has 0 amide bonds. The van der Waals surface area contributed by atoms with Crippen LogP contribution in [-0.4, -0.2) is 0 Å². The van der Waals surface area contributed by atoms with Crippen LogP contribution in [0.25, 0.3) is 10.8 Å². The average molecular weight is 433 g/mol. The Morgan fingerprint density at radius 2 is 1.60 bits per heavy atom. The van der Waals surface area contributed by atoms with E-state index < -0.39 is 5.82 Å². The lowest BCUT2D eigenvalue weighted by molar-refractivity contribution is 0.113. The number of hydrogen-bond acceptors (Lipinski definition) is 0. The predicted octanol–water partition coefficient (Wildman–Crippen LogP) is 9.43. The number of benzene rings is 2. The van der Waals surface area contributed by atoms with Crippen LogP contribution in [0.4, 0.5) is 8.78 Å². The van der Waals surface area contributed by atoms with Crippen LogP contribution in [0.1, 0.15) is 95.5 Å². The first-order chi connectivity index (χ1) is 14.5. The molecule has 0 nitrogen and oxygen atoms in total. The quantitative estimate of drug-likeness (QED) is 0.382. The molecule has 4 unspecified atom stereocenters. The van der Waals surface area contributed by atoms with Crippen molar-refractivity contribution in [3.63, 3.8) is 0 Å². The molecule has 0 aliphatic heterocycles. The van der Waals surface area contributed by atoms with Crippen LogP contribution >= 0.6 is 11.6 Å². The fourth-order valence-corrected chi connectivity index (χ4v) is 6.32. The van der Waals surface area contributed by atoms with Crippen LogP contribution in [0, 0.1) is 29.4 Å². The number of halogens is 3. The summed E-state index contributed by atoms with van der Waals surface area (Å²) in [6.07, 6.45) is 16.0. The standard InChI is InChI=1S/C27H35ClF2/c1-2-3-4-5-6-7-18-8-9-20-13-21(11-10-19(20)12-18)22-14-23-16-27(30)25(28)17-24(23)26(29)15-22/h14-21H,2-13H2,1H3. The highest BCUT2D eigenvalue weighted by Gasteiger charge is 2.36. The molecule has 0 radical (unpaired) electrons. The van der Waals surface area contributed by atoms with Crippen LogP contribution in [-0.2, 0) is 0 Å². The SMILES string of the molecule is CCCCCCCC1CCC2CC(c3cc(F)c4cc(Cl)c(F)cc4c3)CCC2C1. The van der Waals surface area contributed by atoms with Crippen molar-refractivity contribution >= 4 is 22.4 Å². The molecule has 30 heavy (non-hydrogen) atoms. The van der Waals surface area contributed by atoms with Gasteiger partial charge in [0.05, 0.1) is 5.02 Å². The van der Waals surface area contributed by atoms with Crippen LogP contribution in [0.15, 0.2) is 24.3 Å². The van der Waals surface area contributed by atoms with Gasteiger partial charge in [0.2, 0.25) is 0 Å². The normalized spacial score (nSPS) is 26.7. The van der Waals surface area contributed by atoms with Crippen molar-refractivity contribution in [2.75, 3.05) is 0 Å². The molecule has 2 fully saturated rings. The fourth-order valence-electron chi connectivity index (χ4n) is 6.16. The molecular formula is C27H35ClF2. The molecule has 2 aromatic carbocycles. The minimum atomic E-state index is -0.475. The number of unbranched alkanes of at least 4 members (excludes halogenated alkanes) is 4. The van der Waals surface area contributed by atoms with Gasteiger partial charge >= 0.3 is 0 Å². The van der Waals surface area contributed by atoms with Gasteiger partial charge in [-0.25, -0.2) is 8.78 Å². The lowest BCUT2D eigenvalue weighted by Gasteiger charge is -2.42. The number of rotatable bonds is 7. The summed E-state index contributed by atoms with van der Waals surface area (Å²) in [6, 6.07) is 6.45. The molecule has 2 saturated carbocycles. The van der Waals surface area contributed by atoms with Crippen molar-refractivity contribution in [3.8, 4) is 0 Å². The summed E-state index contributed by atoms with van der Waals surface area (Å²) in [5.74, 6) is 2.21. The van der Waals surface area contributed by atoms with E-state index in [0.29, 0.717) is 16.7 Å². The Kier molecular flexibility index (Phi) is 7.34. The molecule has 0 bridgehead atoms. The molecule has 0 heterocycles. The molecule has 0 spiro atoms. The highest BCUT2D eigenvalue weighted by molar-refractivity contribution is 6.31. The van der Waals surface area contributed by atoms with E-state index in [4.69, 9.17) is 11.6 Å². The zero-order chi connectivity index (χ0) is 21.1. The molecule has 2 aliphatic carbocycles. The van der Waals surface area contributed by atoms with E-state index in [0.717, 1.165) is 36.2 Å². The second kappa shape index (κ2) is 9.98. The van der Waals surface area contributed by atoms with Gasteiger partial charge in [0.15, 0.2) is 0 Å². The van der Waals surface area contributed by atoms with E-state index in [1.54, 1.807) is 6.07 Å². The van der Waals surface area contributed by atoms with E-state index in [9.17, 15) is 8.78 Å². The molecule has 0 saturated heterocycles. The van der Waals surface area contributed by atoms with Crippen molar-refractivity contribution in [1.82, 2.24) is 0 Å². The van der Waals surface area contributed by atoms with Gasteiger partial charge in [-0.1, -0.05) is 69.5 Å². The highest BCUT2D eigenvalue weighted by atomic mass is 35.5. The Labute approximate surface area is 185 Å². The molecule has 4 rings (SSSR count). The third-order valence-corrected chi connectivity index (χ3v) is 8.16. The van der Waals surface area contributed by atoms with E-state index in [1.807, 2.05) is 6.07 Å². The molecule has 4 atom stereocenters. The van der Waals surface area contributed by atoms with Crippen molar-refractivity contribution in [3.05, 3.63) is 46.5 Å². The van der Waals surface area contributed by atoms with Crippen molar-refractivity contribution in [2.45, 2.75) is 89.9 Å². The first-order valence-electron chi connectivity index (χ1n) is 12.1. The first kappa shape index (κ1) is 22.1. The van der Waals surface area contributed by atoms with Gasteiger partial charge in [0, 0.05) is 5.39 Å². The summed E-state index contributed by atoms with van der Waals surface area (Å²) in [4.78, 5) is 0. The summed E-state index contributed by atoms with van der Waals surface area (Å²) in [7, 11) is 0. The number of fused-ring (bicyclic) bond motifs is 2. The minimum absolute atomic E-state index is 0.0169. The second-order valence-corrected chi connectivity index (χ2v) is 10.3. The molecule has 0 N–H and O–H groups in total. The lowest BCUT2D eigenvalue weighted by Crippen LogP contribution is -2.30. The summed E-state index contributed by atoms with van der Waals surface area (Å²) >= 11 is 5.85. The summed E-state index contributed by atoms with van der Waals surface area (Å²) in [5, 5.41) is 1.02. The highest BCUT2D eigenvalue weighted by Crippen LogP contribution is 2.48. The molecular weight excluding hydrogens is 398 g/mol. The van der Waals surface area contributed by atoms with E-state index in [1.165, 1.54) is 76.3 Å². The first-order valence-corrected chi connectivity index (χ1v) is 12.5. The minimum Gasteiger partial charge on any atom is -0.206 e. The van der Waals surface area contributed by atoms with E-state index in [-0.39, 0.29) is 10.8 Å². The van der Waals surface area contributed by atoms with Crippen LogP contribution < -0.4 is 0 Å². The van der Waals surface area contributed by atoms with E-state index >= 15 is 0 Å². The zero-order valence-electron chi connectivity index (χ0n) is 18.2. The van der Waals surface area contributed by atoms with Gasteiger partial charge < -0.3 is 0 Å². The van der Waals surface area contributed by atoms with Crippen LogP contribution in [0.3, 0.4) is 0 Å². The predicted molar refractivity (Wildman–Crippen MR) is 123 cm³/mol. The van der Waals surface area contributed by atoms with Gasteiger partial charge in [-0.15, -0.1) is 0 Å². The number of hydrogen-bond donors (Lipinski definition) is 0. The van der Waals surface area contributed by atoms with Crippen molar-refractivity contribution in [1.29, 1.82) is 0 Å². The third-order valence-electron chi connectivity index (χ3n) is 7.87. The Morgan fingerprint density at radius 1 is 0.833 bits per heavy atom. The molecule has 0 aromatic heterocycles. The second-order valence-electron chi connectivity index (χ2n) is 9.90. The summed E-state index contributed by atoms with van der Waals surface area (Å²) < 4.78 is 28.6. The molecule has 2 aliphatic rings. The third kappa shape index (κ3) is 5.01. The molecule has 164 valence electrons. The smallest absolute Gasteiger partial charge is 0.142 e. The Morgan fingerprint density at radius 3 is 2.43 bits per heavy atom. The fraction of sp³-hybridized carbons (Fsp3) is 0.630. The van der Waals surface area contributed by atoms with Gasteiger partial charge in [-0.2, -0.15) is 0 Å². The van der Waals surface area contributed by atoms with Gasteiger partial charge in [0.25, 0.3) is 0 Å². The molecule has 2 aromatic rings. The van der Waals surface area contributed by atoms with Crippen molar-refractivity contribution < 1.29 is 8.78 Å². The van der Waals surface area contributed by atoms with Crippen LogP contribution in [0.2, 0.25) is 5.02 Å². The van der Waals surface area contributed by atoms with E-state index in [2.05, 4.69) is 6.92 Å². The summed E-state index contributed by atoms with van der Waals surface area (Å²) in [6.45, 7) is 2.28. The largest absolute Gasteiger partial charge is 0.206 e. The summed E-state index contributed by atoms with van der Waals surface area (Å²) in [5.41, 5.74) is 1.04. The maximum atomic E-state index is 14.7. The topological polar surface area (TPSA) is 0 Å². The molecule has 3 heteroatoms. The van der Waals surface area contributed by atoms with Gasteiger partial charge in [0.1, 0.15) is 11.6 Å². The Hall–Kier alpha value is -1.15. The monoisotopic (exact) mass is 432 g/mol. The Balaban J connectivity index is 1.37. The Bertz CT molecular complexity index is 862.